The van der Waals surface area contributed by atoms with Crippen molar-refractivity contribution in [3.05, 3.63) is 33.9 Å². The molecule has 0 heterocycles. The van der Waals surface area contributed by atoms with E-state index in [1.54, 1.807) is 20.8 Å². The molecule has 0 aromatic heterocycles. The van der Waals surface area contributed by atoms with Gasteiger partial charge in [-0.25, -0.2) is 4.79 Å². The van der Waals surface area contributed by atoms with Gasteiger partial charge in [-0.2, -0.15) is 0 Å². The quantitative estimate of drug-likeness (QED) is 0.506. The van der Waals surface area contributed by atoms with Crippen LogP contribution in [-0.4, -0.2) is 30.0 Å². The zero-order chi connectivity index (χ0) is 17.8. The number of nitro groups is 1. The van der Waals surface area contributed by atoms with Crippen molar-refractivity contribution in [3.63, 3.8) is 0 Å². The molecule has 0 aliphatic rings. The van der Waals surface area contributed by atoms with Crippen molar-refractivity contribution in [1.29, 1.82) is 0 Å². The fourth-order valence-corrected chi connectivity index (χ4v) is 1.84. The molecule has 23 heavy (non-hydrogen) atoms. The SMILES string of the molecule is COc1cc(C(C)(C=O)NC(=O)OC(C)(C)C)ccc1[N+](=O)[O-]. The number of hydrogen-bond acceptors (Lipinski definition) is 6. The second-order valence-corrected chi connectivity index (χ2v) is 6.09. The molecule has 0 bridgehead atoms. The van der Waals surface area contributed by atoms with Crippen molar-refractivity contribution in [2.45, 2.75) is 38.8 Å². The molecule has 0 spiro atoms. The maximum absolute atomic E-state index is 11.9. The first-order valence-corrected chi connectivity index (χ1v) is 6.83. The van der Waals surface area contributed by atoms with E-state index in [-0.39, 0.29) is 11.4 Å². The van der Waals surface area contributed by atoms with Gasteiger partial charge in [0.05, 0.1) is 12.0 Å². The number of rotatable bonds is 5. The fourth-order valence-electron chi connectivity index (χ4n) is 1.84. The van der Waals surface area contributed by atoms with Crippen molar-refractivity contribution in [2.75, 3.05) is 7.11 Å². The van der Waals surface area contributed by atoms with Gasteiger partial charge in [-0.15, -0.1) is 0 Å². The smallest absolute Gasteiger partial charge is 0.408 e. The number of amides is 1. The number of hydrogen-bond donors (Lipinski definition) is 1. The lowest BCUT2D eigenvalue weighted by Gasteiger charge is -2.28. The maximum atomic E-state index is 11.9. The Morgan fingerprint density at radius 3 is 2.35 bits per heavy atom. The number of nitro benzene ring substituents is 1. The number of carbonyl (C=O) groups is 2. The van der Waals surface area contributed by atoms with Gasteiger partial charge in [0.2, 0.25) is 0 Å². The Morgan fingerprint density at radius 1 is 1.30 bits per heavy atom. The summed E-state index contributed by atoms with van der Waals surface area (Å²) < 4.78 is 10.1. The summed E-state index contributed by atoms with van der Waals surface area (Å²) >= 11 is 0. The third kappa shape index (κ3) is 4.67. The summed E-state index contributed by atoms with van der Waals surface area (Å²) in [5.41, 5.74) is -2.03. The minimum atomic E-state index is -1.41. The molecule has 0 aliphatic heterocycles. The monoisotopic (exact) mass is 324 g/mol. The second-order valence-electron chi connectivity index (χ2n) is 6.09. The van der Waals surface area contributed by atoms with Crippen LogP contribution in [0.3, 0.4) is 0 Å². The first-order chi connectivity index (χ1) is 10.5. The molecule has 1 aromatic rings. The molecule has 0 aliphatic carbocycles. The van der Waals surface area contributed by atoms with Gasteiger partial charge in [-0.3, -0.25) is 10.1 Å². The van der Waals surface area contributed by atoms with Crippen LogP contribution in [0.5, 0.6) is 5.75 Å². The molecule has 0 saturated heterocycles. The number of ether oxygens (including phenoxy) is 2. The molecular weight excluding hydrogens is 304 g/mol. The largest absolute Gasteiger partial charge is 0.490 e. The van der Waals surface area contributed by atoms with E-state index in [0.717, 1.165) is 0 Å². The summed E-state index contributed by atoms with van der Waals surface area (Å²) in [7, 11) is 1.28. The predicted molar refractivity (Wildman–Crippen MR) is 82.4 cm³/mol. The summed E-state index contributed by atoms with van der Waals surface area (Å²) in [5.74, 6) is -0.00781. The number of carbonyl (C=O) groups excluding carboxylic acids is 2. The molecule has 1 amide bonds. The normalized spacial score (nSPS) is 13.6. The molecule has 1 unspecified atom stereocenters. The standard InChI is InChI=1S/C15H20N2O6/c1-14(2,3)23-13(19)16-15(4,9-18)10-6-7-11(17(20)21)12(8-10)22-5/h6-9H,1-5H3,(H,16,19). The van der Waals surface area contributed by atoms with E-state index in [0.29, 0.717) is 11.8 Å². The number of alkyl carbamates (subject to hydrolysis) is 1. The minimum Gasteiger partial charge on any atom is -0.490 e. The molecule has 0 radical (unpaired) electrons. The summed E-state index contributed by atoms with van der Waals surface area (Å²) in [6, 6.07) is 3.93. The Kier molecular flexibility index (Phi) is 5.31. The zero-order valence-corrected chi connectivity index (χ0v) is 13.7. The molecule has 8 nitrogen and oxygen atoms in total. The number of nitrogens with zero attached hydrogens (tertiary/aromatic N) is 1. The summed E-state index contributed by atoms with van der Waals surface area (Å²) in [4.78, 5) is 33.7. The Balaban J connectivity index is 3.15. The third-order valence-corrected chi connectivity index (χ3v) is 2.97. The van der Waals surface area contributed by atoms with Crippen molar-refractivity contribution in [2.24, 2.45) is 0 Å². The van der Waals surface area contributed by atoms with Crippen LogP contribution in [0.25, 0.3) is 0 Å². The second kappa shape index (κ2) is 6.64. The van der Waals surface area contributed by atoms with Crippen LogP contribution in [0.4, 0.5) is 10.5 Å². The summed E-state index contributed by atoms with van der Waals surface area (Å²) in [5, 5.41) is 13.4. The Labute approximate surface area is 133 Å². The summed E-state index contributed by atoms with van der Waals surface area (Å²) in [6.45, 7) is 6.55. The lowest BCUT2D eigenvalue weighted by molar-refractivity contribution is -0.385. The molecule has 126 valence electrons. The topological polar surface area (TPSA) is 108 Å². The van der Waals surface area contributed by atoms with Gasteiger partial charge in [0.25, 0.3) is 0 Å². The molecular formula is C15H20N2O6. The average molecular weight is 324 g/mol. The van der Waals surface area contributed by atoms with Gasteiger partial charge in [-0.05, 0) is 45.4 Å². The Morgan fingerprint density at radius 2 is 1.91 bits per heavy atom. The van der Waals surface area contributed by atoms with Crippen LogP contribution in [0.15, 0.2) is 18.2 Å². The minimum absolute atomic E-state index is 0.00781. The molecule has 8 heteroatoms. The van der Waals surface area contributed by atoms with E-state index in [9.17, 15) is 19.7 Å². The third-order valence-electron chi connectivity index (χ3n) is 2.97. The Hall–Kier alpha value is -2.64. The molecule has 1 rings (SSSR count). The van der Waals surface area contributed by atoms with E-state index >= 15 is 0 Å². The van der Waals surface area contributed by atoms with E-state index in [1.165, 1.54) is 32.2 Å². The highest BCUT2D eigenvalue weighted by atomic mass is 16.6. The van der Waals surface area contributed by atoms with Gasteiger partial charge in [-0.1, -0.05) is 0 Å². The fraction of sp³-hybridized carbons (Fsp3) is 0.467. The van der Waals surface area contributed by atoms with E-state index in [4.69, 9.17) is 9.47 Å². The van der Waals surface area contributed by atoms with E-state index < -0.39 is 22.2 Å². The van der Waals surface area contributed by atoms with Crippen LogP contribution in [0.1, 0.15) is 33.3 Å². The maximum Gasteiger partial charge on any atom is 0.408 e. The van der Waals surface area contributed by atoms with Gasteiger partial charge in [0, 0.05) is 6.07 Å². The van der Waals surface area contributed by atoms with Gasteiger partial charge >= 0.3 is 11.8 Å². The lowest BCUT2D eigenvalue weighted by Crippen LogP contribution is -2.46. The highest BCUT2D eigenvalue weighted by Crippen LogP contribution is 2.31. The van der Waals surface area contributed by atoms with Crippen molar-refractivity contribution < 1.29 is 24.0 Å². The Bertz CT molecular complexity index is 623. The van der Waals surface area contributed by atoms with Crippen LogP contribution in [-0.2, 0) is 15.1 Å². The van der Waals surface area contributed by atoms with Crippen LogP contribution in [0.2, 0.25) is 0 Å². The number of nitrogens with one attached hydrogen (secondary N) is 1. The van der Waals surface area contributed by atoms with Gasteiger partial charge in [0.1, 0.15) is 17.4 Å². The van der Waals surface area contributed by atoms with E-state index in [2.05, 4.69) is 5.32 Å². The van der Waals surface area contributed by atoms with Crippen molar-refractivity contribution >= 4 is 18.1 Å². The molecule has 0 saturated carbocycles. The molecule has 1 aromatic carbocycles. The van der Waals surface area contributed by atoms with Crippen LogP contribution < -0.4 is 10.1 Å². The molecule has 1 N–H and O–H groups in total. The van der Waals surface area contributed by atoms with Gasteiger partial charge in [0.15, 0.2) is 5.75 Å². The first-order valence-electron chi connectivity index (χ1n) is 6.83. The highest BCUT2D eigenvalue weighted by molar-refractivity contribution is 5.78. The number of benzene rings is 1. The van der Waals surface area contributed by atoms with Crippen LogP contribution in [0, 0.1) is 10.1 Å². The van der Waals surface area contributed by atoms with Gasteiger partial charge < -0.3 is 19.6 Å². The number of methoxy groups -OCH3 is 1. The van der Waals surface area contributed by atoms with Crippen molar-refractivity contribution in [3.8, 4) is 5.75 Å². The summed E-state index contributed by atoms with van der Waals surface area (Å²) in [6.07, 6.45) is -0.248. The number of aldehydes is 1. The van der Waals surface area contributed by atoms with E-state index in [1.807, 2.05) is 0 Å². The zero-order valence-electron chi connectivity index (χ0n) is 13.7. The molecule has 1 atom stereocenters. The predicted octanol–water partition coefficient (Wildman–Crippen LogP) is 2.54. The van der Waals surface area contributed by atoms with Crippen LogP contribution >= 0.6 is 0 Å². The van der Waals surface area contributed by atoms with Crippen molar-refractivity contribution in [1.82, 2.24) is 5.32 Å². The average Bonchev–Trinajstić information content (AvgIpc) is 2.44. The lowest BCUT2D eigenvalue weighted by atomic mass is 9.93. The first kappa shape index (κ1) is 18.4. The molecule has 0 fully saturated rings. The highest BCUT2D eigenvalue weighted by Gasteiger charge is 2.32.